The standard InChI is InChI=1S/C18H16N2O/c19-14-6-9-16(10-7-14)21-18-11-8-15(20)12-17(18)13-4-2-1-3-5-13/h1-12H,19-20H2. The van der Waals surface area contributed by atoms with E-state index in [0.717, 1.165) is 22.6 Å². The molecule has 0 amide bonds. The van der Waals surface area contributed by atoms with Gasteiger partial charge in [0.05, 0.1) is 0 Å². The zero-order chi connectivity index (χ0) is 14.7. The lowest BCUT2D eigenvalue weighted by atomic mass is 10.0. The number of hydrogen-bond donors (Lipinski definition) is 2. The maximum absolute atomic E-state index is 5.96. The minimum Gasteiger partial charge on any atom is -0.457 e. The first-order valence-corrected chi connectivity index (χ1v) is 6.71. The minimum atomic E-state index is 0.707. The number of ether oxygens (including phenoxy) is 1. The van der Waals surface area contributed by atoms with Crippen molar-refractivity contribution in [1.82, 2.24) is 0 Å². The van der Waals surface area contributed by atoms with Gasteiger partial charge in [0.25, 0.3) is 0 Å². The average molecular weight is 276 g/mol. The smallest absolute Gasteiger partial charge is 0.135 e. The zero-order valence-electron chi connectivity index (χ0n) is 11.5. The number of rotatable bonds is 3. The Morgan fingerprint density at radius 2 is 1.33 bits per heavy atom. The highest BCUT2D eigenvalue weighted by atomic mass is 16.5. The normalized spacial score (nSPS) is 10.3. The summed E-state index contributed by atoms with van der Waals surface area (Å²) in [6.07, 6.45) is 0. The van der Waals surface area contributed by atoms with Crippen LogP contribution in [0.4, 0.5) is 11.4 Å². The summed E-state index contributed by atoms with van der Waals surface area (Å²) in [6, 6.07) is 23.0. The molecule has 4 N–H and O–H groups in total. The molecule has 3 aromatic carbocycles. The molecule has 0 radical (unpaired) electrons. The van der Waals surface area contributed by atoms with E-state index in [1.54, 1.807) is 0 Å². The molecule has 0 aliphatic heterocycles. The maximum Gasteiger partial charge on any atom is 0.135 e. The fraction of sp³-hybridized carbons (Fsp3) is 0. The van der Waals surface area contributed by atoms with Gasteiger partial charge in [-0.1, -0.05) is 30.3 Å². The largest absolute Gasteiger partial charge is 0.457 e. The van der Waals surface area contributed by atoms with Crippen LogP contribution in [0.2, 0.25) is 0 Å². The van der Waals surface area contributed by atoms with Crippen LogP contribution in [0.1, 0.15) is 0 Å². The van der Waals surface area contributed by atoms with Gasteiger partial charge in [0.2, 0.25) is 0 Å². The van der Waals surface area contributed by atoms with E-state index >= 15 is 0 Å². The Hall–Kier alpha value is -2.94. The summed E-state index contributed by atoms with van der Waals surface area (Å²) in [6.45, 7) is 0. The maximum atomic E-state index is 5.96. The number of nitrogen functional groups attached to an aromatic ring is 2. The van der Waals surface area contributed by atoms with Crippen molar-refractivity contribution >= 4 is 11.4 Å². The van der Waals surface area contributed by atoms with Gasteiger partial charge >= 0.3 is 0 Å². The van der Waals surface area contributed by atoms with Gasteiger partial charge in [-0.3, -0.25) is 0 Å². The molecule has 0 unspecified atom stereocenters. The summed E-state index contributed by atoms with van der Waals surface area (Å²) in [5.41, 5.74) is 15.0. The Balaban J connectivity index is 2.00. The lowest BCUT2D eigenvalue weighted by molar-refractivity contribution is 0.484. The van der Waals surface area contributed by atoms with Crippen molar-refractivity contribution in [2.45, 2.75) is 0 Å². The first-order valence-electron chi connectivity index (χ1n) is 6.71. The molecule has 0 bridgehead atoms. The van der Waals surface area contributed by atoms with Gasteiger partial charge in [-0.2, -0.15) is 0 Å². The quantitative estimate of drug-likeness (QED) is 0.701. The van der Waals surface area contributed by atoms with E-state index in [4.69, 9.17) is 16.2 Å². The lowest BCUT2D eigenvalue weighted by Gasteiger charge is -2.12. The molecule has 21 heavy (non-hydrogen) atoms. The summed E-state index contributed by atoms with van der Waals surface area (Å²) in [4.78, 5) is 0. The number of nitrogens with two attached hydrogens (primary N) is 2. The zero-order valence-corrected chi connectivity index (χ0v) is 11.5. The van der Waals surface area contributed by atoms with E-state index in [1.807, 2.05) is 72.8 Å². The predicted octanol–water partition coefficient (Wildman–Crippen LogP) is 4.31. The molecular weight excluding hydrogens is 260 g/mol. The molecule has 0 aromatic heterocycles. The molecule has 0 fully saturated rings. The number of benzene rings is 3. The molecule has 3 rings (SSSR count). The first kappa shape index (κ1) is 13.1. The molecule has 3 heteroatoms. The van der Waals surface area contributed by atoms with E-state index in [2.05, 4.69) is 0 Å². The van der Waals surface area contributed by atoms with Gasteiger partial charge in [-0.05, 0) is 48.0 Å². The Kier molecular flexibility index (Phi) is 3.48. The summed E-state index contributed by atoms with van der Waals surface area (Å²) in [5.74, 6) is 1.51. The second-order valence-corrected chi connectivity index (χ2v) is 4.79. The second-order valence-electron chi connectivity index (χ2n) is 4.79. The summed E-state index contributed by atoms with van der Waals surface area (Å²) in [5, 5.41) is 0. The van der Waals surface area contributed by atoms with Gasteiger partial charge in [0.15, 0.2) is 0 Å². The van der Waals surface area contributed by atoms with Crippen molar-refractivity contribution < 1.29 is 4.74 Å². The molecule has 0 atom stereocenters. The molecular formula is C18H16N2O. The van der Waals surface area contributed by atoms with Gasteiger partial charge in [-0.25, -0.2) is 0 Å². The molecule has 3 aromatic rings. The first-order chi connectivity index (χ1) is 10.2. The van der Waals surface area contributed by atoms with E-state index in [1.165, 1.54) is 0 Å². The van der Waals surface area contributed by atoms with Crippen molar-refractivity contribution in [2.75, 3.05) is 11.5 Å². The third kappa shape index (κ3) is 2.98. The topological polar surface area (TPSA) is 61.3 Å². The molecule has 0 aliphatic carbocycles. The second kappa shape index (κ2) is 5.59. The average Bonchev–Trinajstić information content (AvgIpc) is 2.52. The third-order valence-corrected chi connectivity index (χ3v) is 3.20. The molecule has 0 aliphatic rings. The molecule has 0 heterocycles. The van der Waals surface area contributed by atoms with Crippen LogP contribution in [0, 0.1) is 0 Å². The lowest BCUT2D eigenvalue weighted by Crippen LogP contribution is -1.92. The van der Waals surface area contributed by atoms with E-state index in [-0.39, 0.29) is 0 Å². The van der Waals surface area contributed by atoms with Crippen molar-refractivity contribution in [3.05, 3.63) is 72.8 Å². The fourth-order valence-corrected chi connectivity index (χ4v) is 2.14. The fourth-order valence-electron chi connectivity index (χ4n) is 2.14. The predicted molar refractivity (Wildman–Crippen MR) is 87.2 cm³/mol. The van der Waals surface area contributed by atoms with Gasteiger partial charge < -0.3 is 16.2 Å². The highest BCUT2D eigenvalue weighted by Gasteiger charge is 2.08. The highest BCUT2D eigenvalue weighted by Crippen LogP contribution is 2.34. The summed E-state index contributed by atoms with van der Waals surface area (Å²) < 4.78 is 5.96. The van der Waals surface area contributed by atoms with Crippen LogP contribution in [0.15, 0.2) is 72.8 Å². The molecule has 0 saturated heterocycles. The highest BCUT2D eigenvalue weighted by molar-refractivity contribution is 5.74. The Morgan fingerprint density at radius 1 is 0.667 bits per heavy atom. The number of hydrogen-bond acceptors (Lipinski definition) is 3. The number of anilines is 2. The van der Waals surface area contributed by atoms with Crippen LogP contribution < -0.4 is 16.2 Å². The van der Waals surface area contributed by atoms with Crippen molar-refractivity contribution in [3.63, 3.8) is 0 Å². The van der Waals surface area contributed by atoms with E-state index in [9.17, 15) is 0 Å². The monoisotopic (exact) mass is 276 g/mol. The van der Waals surface area contributed by atoms with E-state index in [0.29, 0.717) is 11.4 Å². The van der Waals surface area contributed by atoms with Crippen molar-refractivity contribution in [2.24, 2.45) is 0 Å². The molecule has 0 spiro atoms. The van der Waals surface area contributed by atoms with Crippen LogP contribution in [-0.2, 0) is 0 Å². The molecule has 104 valence electrons. The van der Waals surface area contributed by atoms with Crippen molar-refractivity contribution in [3.8, 4) is 22.6 Å². The van der Waals surface area contributed by atoms with E-state index < -0.39 is 0 Å². The minimum absolute atomic E-state index is 0.707. The Morgan fingerprint density at radius 3 is 2.05 bits per heavy atom. The van der Waals surface area contributed by atoms with Gasteiger partial charge in [0.1, 0.15) is 11.5 Å². The van der Waals surface area contributed by atoms with Gasteiger partial charge in [-0.15, -0.1) is 0 Å². The van der Waals surface area contributed by atoms with Crippen molar-refractivity contribution in [1.29, 1.82) is 0 Å². The van der Waals surface area contributed by atoms with Crippen LogP contribution >= 0.6 is 0 Å². The molecule has 0 saturated carbocycles. The van der Waals surface area contributed by atoms with Crippen LogP contribution in [-0.4, -0.2) is 0 Å². The van der Waals surface area contributed by atoms with Crippen LogP contribution in [0.5, 0.6) is 11.5 Å². The molecule has 3 nitrogen and oxygen atoms in total. The summed E-state index contributed by atoms with van der Waals surface area (Å²) in [7, 11) is 0. The van der Waals surface area contributed by atoms with Gasteiger partial charge in [0, 0.05) is 16.9 Å². The SMILES string of the molecule is Nc1ccc(Oc2ccc(N)cc2-c2ccccc2)cc1. The van der Waals surface area contributed by atoms with Crippen LogP contribution in [0.25, 0.3) is 11.1 Å². The summed E-state index contributed by atoms with van der Waals surface area (Å²) >= 11 is 0. The Labute approximate surface area is 123 Å². The Bertz CT molecular complexity index is 737. The van der Waals surface area contributed by atoms with Crippen LogP contribution in [0.3, 0.4) is 0 Å². The third-order valence-electron chi connectivity index (χ3n) is 3.20.